The van der Waals surface area contributed by atoms with Crippen molar-refractivity contribution in [2.24, 2.45) is 0 Å². The van der Waals surface area contributed by atoms with Crippen molar-refractivity contribution >= 4 is 5.91 Å². The van der Waals surface area contributed by atoms with Gasteiger partial charge in [0.15, 0.2) is 6.35 Å². The molecule has 16 heavy (non-hydrogen) atoms. The molecule has 4 atom stereocenters. The van der Waals surface area contributed by atoms with E-state index in [2.05, 4.69) is 0 Å². The van der Waals surface area contributed by atoms with Gasteiger partial charge in [0.2, 0.25) is 5.91 Å². The molecule has 3 heterocycles. The molecule has 4 unspecified atom stereocenters. The van der Waals surface area contributed by atoms with Crippen molar-refractivity contribution in [3.8, 4) is 0 Å². The lowest BCUT2D eigenvalue weighted by atomic mass is 10.3. The highest BCUT2D eigenvalue weighted by Gasteiger charge is 2.46. The first-order valence-electron chi connectivity index (χ1n) is 5.64. The summed E-state index contributed by atoms with van der Waals surface area (Å²) in [5.41, 5.74) is 0. The van der Waals surface area contributed by atoms with Gasteiger partial charge >= 0.3 is 0 Å². The van der Waals surface area contributed by atoms with Gasteiger partial charge in [0.25, 0.3) is 0 Å². The molecular formula is C10H16N2O4. The Morgan fingerprint density at radius 1 is 1.31 bits per heavy atom. The van der Waals surface area contributed by atoms with Gasteiger partial charge < -0.3 is 19.5 Å². The number of hydrogen-bond donors (Lipinski definition) is 1. The number of aliphatic hydroxyl groups is 1. The van der Waals surface area contributed by atoms with Gasteiger partial charge in [0, 0.05) is 6.54 Å². The normalized spacial score (nSPS) is 42.9. The van der Waals surface area contributed by atoms with Gasteiger partial charge in [-0.2, -0.15) is 0 Å². The number of nitrogens with zero attached hydrogens (tertiary/aromatic N) is 2. The van der Waals surface area contributed by atoms with Gasteiger partial charge in [0.1, 0.15) is 0 Å². The number of ether oxygens (including phenoxy) is 2. The number of aliphatic hydroxyl groups excluding tert-OH is 1. The van der Waals surface area contributed by atoms with Crippen LogP contribution >= 0.6 is 0 Å². The molecule has 0 spiro atoms. The Balaban J connectivity index is 1.67. The minimum Gasteiger partial charge on any atom is -0.372 e. The van der Waals surface area contributed by atoms with Gasteiger partial charge in [-0.05, 0) is 6.92 Å². The lowest BCUT2D eigenvalue weighted by Gasteiger charge is -2.24. The van der Waals surface area contributed by atoms with Gasteiger partial charge in [-0.1, -0.05) is 0 Å². The Kier molecular flexibility index (Phi) is 2.39. The zero-order valence-electron chi connectivity index (χ0n) is 9.20. The van der Waals surface area contributed by atoms with Crippen molar-refractivity contribution in [1.29, 1.82) is 0 Å². The highest BCUT2D eigenvalue weighted by Crippen LogP contribution is 2.25. The third-order valence-electron chi connectivity index (χ3n) is 3.33. The zero-order valence-corrected chi connectivity index (χ0v) is 9.20. The van der Waals surface area contributed by atoms with Crippen LogP contribution in [0, 0.1) is 0 Å². The summed E-state index contributed by atoms with van der Waals surface area (Å²) in [6.45, 7) is 4.36. The van der Waals surface area contributed by atoms with Crippen molar-refractivity contribution in [2.75, 3.05) is 26.3 Å². The molecule has 3 saturated heterocycles. The molecule has 3 fully saturated rings. The van der Waals surface area contributed by atoms with Crippen LogP contribution in [0.25, 0.3) is 0 Å². The first-order valence-corrected chi connectivity index (χ1v) is 5.64. The summed E-state index contributed by atoms with van der Waals surface area (Å²) in [5.74, 6) is -0.0244. The maximum absolute atomic E-state index is 11.9. The monoisotopic (exact) mass is 228 g/mol. The fraction of sp³-hybridized carbons (Fsp3) is 0.900. The summed E-state index contributed by atoms with van der Waals surface area (Å²) in [5, 5.41) is 10.1. The smallest absolute Gasteiger partial charge is 0.242 e. The molecule has 1 amide bonds. The van der Waals surface area contributed by atoms with Crippen LogP contribution < -0.4 is 0 Å². The van der Waals surface area contributed by atoms with Gasteiger partial charge in [-0.15, -0.1) is 0 Å². The number of rotatable bonds is 4. The molecule has 90 valence electrons. The largest absolute Gasteiger partial charge is 0.372 e. The molecule has 6 nitrogen and oxygen atoms in total. The molecule has 0 saturated carbocycles. The van der Waals surface area contributed by atoms with E-state index in [9.17, 15) is 9.90 Å². The fourth-order valence-corrected chi connectivity index (χ4v) is 2.11. The Morgan fingerprint density at radius 2 is 1.88 bits per heavy atom. The Bertz CT molecular complexity index is 303. The molecule has 3 aliphatic heterocycles. The molecule has 0 aromatic carbocycles. The highest BCUT2D eigenvalue weighted by atomic mass is 16.6. The summed E-state index contributed by atoms with van der Waals surface area (Å²) < 4.78 is 10.2. The molecular weight excluding hydrogens is 212 g/mol. The van der Waals surface area contributed by atoms with Crippen LogP contribution in [-0.2, 0) is 14.3 Å². The lowest BCUT2D eigenvalue weighted by molar-refractivity contribution is -0.135. The van der Waals surface area contributed by atoms with Crippen LogP contribution in [0.1, 0.15) is 6.92 Å². The van der Waals surface area contributed by atoms with Crippen LogP contribution in [-0.4, -0.2) is 71.7 Å². The predicted octanol–water partition coefficient (Wildman–Crippen LogP) is -1.41. The topological polar surface area (TPSA) is 68.8 Å². The van der Waals surface area contributed by atoms with Crippen LogP contribution in [0.15, 0.2) is 0 Å². The van der Waals surface area contributed by atoms with Crippen molar-refractivity contribution in [3.63, 3.8) is 0 Å². The van der Waals surface area contributed by atoms with Crippen molar-refractivity contribution in [3.05, 3.63) is 0 Å². The van der Waals surface area contributed by atoms with E-state index in [1.807, 2.05) is 6.92 Å². The SMILES string of the molecule is CC1C(=O)N(CC2CO2)C(O)N1CC1CO1. The average Bonchev–Trinajstić information content (AvgIpc) is 3.12. The third kappa shape index (κ3) is 1.82. The zero-order chi connectivity index (χ0) is 11.3. The molecule has 3 rings (SSSR count). The van der Waals surface area contributed by atoms with Crippen LogP contribution in [0.5, 0.6) is 0 Å². The van der Waals surface area contributed by atoms with E-state index in [0.717, 1.165) is 6.61 Å². The minimum atomic E-state index is -0.823. The third-order valence-corrected chi connectivity index (χ3v) is 3.33. The second kappa shape index (κ2) is 3.66. The summed E-state index contributed by atoms with van der Waals surface area (Å²) >= 11 is 0. The Hall–Kier alpha value is -0.690. The first kappa shape index (κ1) is 10.5. The standard InChI is InChI=1S/C10H16N2O4/c1-6-9(13)12(3-8-5-16-8)10(14)11(6)2-7-4-15-7/h6-8,10,14H,2-5H2,1H3. The quantitative estimate of drug-likeness (QED) is 0.599. The number of carbonyl (C=O) groups excluding carboxylic acids is 1. The van der Waals surface area contributed by atoms with Gasteiger partial charge in [0.05, 0.1) is 38.0 Å². The maximum Gasteiger partial charge on any atom is 0.242 e. The Morgan fingerprint density at radius 3 is 2.44 bits per heavy atom. The van der Waals surface area contributed by atoms with E-state index < -0.39 is 6.35 Å². The maximum atomic E-state index is 11.9. The molecule has 0 aromatic heterocycles. The first-order chi connectivity index (χ1) is 7.66. The summed E-state index contributed by atoms with van der Waals surface area (Å²) in [6, 6.07) is -0.266. The van der Waals surface area contributed by atoms with E-state index in [-0.39, 0.29) is 24.2 Å². The fourth-order valence-electron chi connectivity index (χ4n) is 2.11. The minimum absolute atomic E-state index is 0.0244. The molecule has 0 aromatic rings. The second-order valence-electron chi connectivity index (χ2n) is 4.62. The Labute approximate surface area is 93.7 Å². The number of carbonyl (C=O) groups is 1. The number of epoxide rings is 2. The highest BCUT2D eigenvalue weighted by molar-refractivity contribution is 5.83. The van der Waals surface area contributed by atoms with Crippen molar-refractivity contribution in [2.45, 2.75) is 31.5 Å². The summed E-state index contributed by atoms with van der Waals surface area (Å²) in [7, 11) is 0. The lowest BCUT2D eigenvalue weighted by Crippen LogP contribution is -2.43. The van der Waals surface area contributed by atoms with E-state index in [1.54, 1.807) is 4.90 Å². The van der Waals surface area contributed by atoms with Gasteiger partial charge in [-0.3, -0.25) is 4.79 Å². The van der Waals surface area contributed by atoms with Gasteiger partial charge in [-0.25, -0.2) is 4.90 Å². The van der Waals surface area contributed by atoms with E-state index >= 15 is 0 Å². The van der Waals surface area contributed by atoms with E-state index in [1.165, 1.54) is 4.90 Å². The molecule has 1 N–H and O–H groups in total. The second-order valence-corrected chi connectivity index (χ2v) is 4.62. The molecule has 6 heteroatoms. The number of amides is 1. The van der Waals surface area contributed by atoms with Crippen LogP contribution in [0.4, 0.5) is 0 Å². The van der Waals surface area contributed by atoms with E-state index in [4.69, 9.17) is 9.47 Å². The molecule has 0 aliphatic carbocycles. The number of hydrogen-bond acceptors (Lipinski definition) is 5. The predicted molar refractivity (Wildman–Crippen MR) is 53.4 cm³/mol. The summed E-state index contributed by atoms with van der Waals surface area (Å²) in [4.78, 5) is 15.2. The molecule has 3 aliphatic rings. The van der Waals surface area contributed by atoms with Crippen molar-refractivity contribution in [1.82, 2.24) is 9.80 Å². The van der Waals surface area contributed by atoms with Crippen molar-refractivity contribution < 1.29 is 19.4 Å². The van der Waals surface area contributed by atoms with E-state index in [0.29, 0.717) is 19.7 Å². The average molecular weight is 228 g/mol. The van der Waals surface area contributed by atoms with Crippen LogP contribution in [0.3, 0.4) is 0 Å². The molecule has 0 radical (unpaired) electrons. The molecule has 0 bridgehead atoms. The van der Waals surface area contributed by atoms with Crippen LogP contribution in [0.2, 0.25) is 0 Å². The summed E-state index contributed by atoms with van der Waals surface area (Å²) in [6.07, 6.45) is -0.527.